The molecule has 1 unspecified atom stereocenters. The zero-order valence-electron chi connectivity index (χ0n) is 19.9. The van der Waals surface area contributed by atoms with Crippen molar-refractivity contribution in [2.24, 2.45) is 0 Å². The predicted molar refractivity (Wildman–Crippen MR) is 130 cm³/mol. The van der Waals surface area contributed by atoms with E-state index in [0.29, 0.717) is 19.4 Å². The van der Waals surface area contributed by atoms with Crippen LogP contribution >= 0.6 is 0 Å². The van der Waals surface area contributed by atoms with Gasteiger partial charge in [-0.15, -0.1) is 0 Å². The van der Waals surface area contributed by atoms with Crippen LogP contribution in [-0.2, 0) is 14.3 Å². The molecule has 0 bridgehead atoms. The number of rotatable bonds is 11. The van der Waals surface area contributed by atoms with Gasteiger partial charge in [0.15, 0.2) is 0 Å². The molecule has 3 rings (SSSR count). The lowest BCUT2D eigenvalue weighted by molar-refractivity contribution is -0.142. The van der Waals surface area contributed by atoms with Crippen LogP contribution in [0.4, 0.5) is 4.79 Å². The monoisotopic (exact) mass is 467 g/mol. The number of alkyl carbamates (subject to hydrolysis) is 1. The van der Waals surface area contributed by atoms with E-state index in [1.165, 1.54) is 0 Å². The minimum atomic E-state index is -1.11. The van der Waals surface area contributed by atoms with Crippen LogP contribution in [0.2, 0.25) is 0 Å². The number of carboxylic acids is 1. The summed E-state index contributed by atoms with van der Waals surface area (Å²) in [5.41, 5.74) is 4.47. The number of benzene rings is 2. The van der Waals surface area contributed by atoms with Gasteiger partial charge in [-0.05, 0) is 49.2 Å². The number of nitrogens with one attached hydrogen (secondary N) is 2. The maximum absolute atomic E-state index is 12.8. The van der Waals surface area contributed by atoms with E-state index >= 15 is 0 Å². The lowest BCUT2D eigenvalue weighted by Gasteiger charge is -2.22. The first-order chi connectivity index (χ1) is 16.3. The summed E-state index contributed by atoms with van der Waals surface area (Å²) < 4.78 is 5.55. The number of carboxylic acid groups (broad SMARTS) is 1. The molecule has 2 atom stereocenters. The van der Waals surface area contributed by atoms with E-state index < -0.39 is 30.1 Å². The molecule has 182 valence electrons. The fourth-order valence-corrected chi connectivity index (χ4v) is 4.26. The van der Waals surface area contributed by atoms with Crippen LogP contribution in [0, 0.1) is 0 Å². The topological polar surface area (TPSA) is 108 Å². The molecule has 0 spiro atoms. The molecular weight excluding hydrogens is 434 g/mol. The molecule has 0 aliphatic heterocycles. The molecule has 3 N–H and O–H groups in total. The van der Waals surface area contributed by atoms with Crippen molar-refractivity contribution in [3.05, 3.63) is 59.7 Å². The van der Waals surface area contributed by atoms with Gasteiger partial charge in [0.2, 0.25) is 5.91 Å². The lowest BCUT2D eigenvalue weighted by Crippen LogP contribution is -2.52. The van der Waals surface area contributed by atoms with Crippen LogP contribution in [0.15, 0.2) is 48.5 Å². The Kier molecular flexibility index (Phi) is 8.65. The highest BCUT2D eigenvalue weighted by atomic mass is 16.5. The Bertz CT molecular complexity index is 978. The second-order valence-corrected chi connectivity index (χ2v) is 8.80. The van der Waals surface area contributed by atoms with E-state index in [1.54, 1.807) is 0 Å². The van der Waals surface area contributed by atoms with E-state index in [2.05, 4.69) is 22.8 Å². The number of aliphatic carboxylic acids is 1. The normalized spacial score (nSPS) is 14.1. The molecule has 2 aromatic carbocycles. The van der Waals surface area contributed by atoms with Crippen molar-refractivity contribution in [2.75, 3.05) is 27.2 Å². The number of amides is 2. The van der Waals surface area contributed by atoms with Gasteiger partial charge in [-0.3, -0.25) is 4.79 Å². The molecule has 0 saturated heterocycles. The molecule has 0 aromatic heterocycles. The van der Waals surface area contributed by atoms with E-state index in [4.69, 9.17) is 4.74 Å². The van der Waals surface area contributed by atoms with E-state index in [1.807, 2.05) is 62.3 Å². The summed E-state index contributed by atoms with van der Waals surface area (Å²) in [7, 11) is 3.67. The summed E-state index contributed by atoms with van der Waals surface area (Å²) in [6, 6.07) is 14.2. The van der Waals surface area contributed by atoms with Crippen LogP contribution in [0.5, 0.6) is 0 Å². The summed E-state index contributed by atoms with van der Waals surface area (Å²) in [5.74, 6) is -1.72. The highest BCUT2D eigenvalue weighted by molar-refractivity contribution is 5.89. The fraction of sp³-hybridized carbons (Fsp3) is 0.423. The fourth-order valence-electron chi connectivity index (χ4n) is 4.26. The number of ether oxygens (including phenoxy) is 1. The molecule has 2 aromatic rings. The van der Waals surface area contributed by atoms with E-state index in [9.17, 15) is 19.5 Å². The Balaban J connectivity index is 1.62. The molecule has 2 amide bonds. The predicted octanol–water partition coefficient (Wildman–Crippen LogP) is 3.21. The van der Waals surface area contributed by atoms with Gasteiger partial charge in [0, 0.05) is 12.5 Å². The Morgan fingerprint density at radius 3 is 2.06 bits per heavy atom. The summed E-state index contributed by atoms with van der Waals surface area (Å²) in [6.45, 7) is 2.54. The molecule has 1 aliphatic carbocycles. The Morgan fingerprint density at radius 1 is 0.941 bits per heavy atom. The quantitative estimate of drug-likeness (QED) is 0.468. The van der Waals surface area contributed by atoms with Crippen molar-refractivity contribution >= 4 is 18.0 Å². The van der Waals surface area contributed by atoms with Gasteiger partial charge in [0.25, 0.3) is 0 Å². The van der Waals surface area contributed by atoms with Crippen LogP contribution in [0.1, 0.15) is 43.2 Å². The number of hydrogen-bond donors (Lipinski definition) is 3. The molecule has 0 radical (unpaired) electrons. The van der Waals surface area contributed by atoms with Gasteiger partial charge in [0.1, 0.15) is 18.7 Å². The SMILES string of the molecule is CCC[C@@H](NC(=O)OCC1c2ccccc2-c2ccccc21)C(=O)NC(CCN(C)C)C(=O)O. The van der Waals surface area contributed by atoms with Crippen molar-refractivity contribution in [3.63, 3.8) is 0 Å². The van der Waals surface area contributed by atoms with Crippen molar-refractivity contribution in [1.29, 1.82) is 0 Å². The van der Waals surface area contributed by atoms with E-state index in [-0.39, 0.29) is 18.9 Å². The largest absolute Gasteiger partial charge is 0.480 e. The smallest absolute Gasteiger partial charge is 0.407 e. The second-order valence-electron chi connectivity index (χ2n) is 8.80. The number of carbonyl (C=O) groups is 3. The third-order valence-electron chi connectivity index (χ3n) is 6.01. The van der Waals surface area contributed by atoms with Crippen molar-refractivity contribution < 1.29 is 24.2 Å². The van der Waals surface area contributed by atoms with Gasteiger partial charge in [-0.25, -0.2) is 9.59 Å². The average molecular weight is 468 g/mol. The van der Waals surface area contributed by atoms with Crippen molar-refractivity contribution in [2.45, 2.75) is 44.2 Å². The molecule has 8 nitrogen and oxygen atoms in total. The molecule has 0 fully saturated rings. The van der Waals surface area contributed by atoms with Crippen molar-refractivity contribution in [3.8, 4) is 11.1 Å². The first kappa shape index (κ1) is 25.2. The number of fused-ring (bicyclic) bond motifs is 3. The first-order valence-electron chi connectivity index (χ1n) is 11.6. The zero-order valence-corrected chi connectivity index (χ0v) is 19.9. The maximum atomic E-state index is 12.8. The van der Waals surface area contributed by atoms with Crippen LogP contribution < -0.4 is 10.6 Å². The zero-order chi connectivity index (χ0) is 24.7. The number of nitrogens with zero attached hydrogens (tertiary/aromatic N) is 1. The van der Waals surface area contributed by atoms with Crippen LogP contribution in [0.3, 0.4) is 0 Å². The molecule has 34 heavy (non-hydrogen) atoms. The van der Waals surface area contributed by atoms with Gasteiger partial charge >= 0.3 is 12.1 Å². The second kappa shape index (κ2) is 11.7. The highest BCUT2D eigenvalue weighted by Crippen LogP contribution is 2.44. The highest BCUT2D eigenvalue weighted by Gasteiger charge is 2.30. The average Bonchev–Trinajstić information content (AvgIpc) is 3.13. The molecule has 0 saturated carbocycles. The minimum Gasteiger partial charge on any atom is -0.480 e. The van der Waals surface area contributed by atoms with Crippen LogP contribution in [0.25, 0.3) is 11.1 Å². The molecular formula is C26H33N3O5. The maximum Gasteiger partial charge on any atom is 0.407 e. The van der Waals surface area contributed by atoms with E-state index in [0.717, 1.165) is 22.3 Å². The Morgan fingerprint density at radius 2 is 1.53 bits per heavy atom. The lowest BCUT2D eigenvalue weighted by atomic mass is 9.98. The number of hydrogen-bond acceptors (Lipinski definition) is 5. The molecule has 8 heteroatoms. The van der Waals surface area contributed by atoms with Crippen molar-refractivity contribution in [1.82, 2.24) is 15.5 Å². The summed E-state index contributed by atoms with van der Waals surface area (Å²) in [6.07, 6.45) is 0.570. The van der Waals surface area contributed by atoms with Gasteiger partial charge in [-0.1, -0.05) is 61.9 Å². The third-order valence-corrected chi connectivity index (χ3v) is 6.01. The Hall–Kier alpha value is -3.39. The van der Waals surface area contributed by atoms with Gasteiger partial charge in [-0.2, -0.15) is 0 Å². The van der Waals surface area contributed by atoms with Gasteiger partial charge < -0.3 is 25.4 Å². The summed E-state index contributed by atoms with van der Waals surface area (Å²) in [4.78, 5) is 38.8. The van der Waals surface area contributed by atoms with Crippen LogP contribution in [-0.4, -0.2) is 67.3 Å². The first-order valence-corrected chi connectivity index (χ1v) is 11.6. The minimum absolute atomic E-state index is 0.0842. The molecule has 0 heterocycles. The third kappa shape index (κ3) is 6.14. The Labute approximate surface area is 200 Å². The summed E-state index contributed by atoms with van der Waals surface area (Å²) in [5, 5.41) is 14.6. The summed E-state index contributed by atoms with van der Waals surface area (Å²) >= 11 is 0. The number of carbonyl (C=O) groups excluding carboxylic acids is 2. The van der Waals surface area contributed by atoms with Gasteiger partial charge in [0.05, 0.1) is 0 Å². The standard InChI is InChI=1S/C26H33N3O5/c1-4-9-22(24(30)27-23(25(31)32)14-15-29(2)3)28-26(33)34-16-21-19-12-7-5-10-17(19)18-11-6-8-13-20(18)21/h5-8,10-13,21-23H,4,9,14-16H2,1-3H3,(H,27,30)(H,28,33)(H,31,32)/t22-,23?/m1/s1. The molecule has 1 aliphatic rings.